The first-order chi connectivity index (χ1) is 24.3. The van der Waals surface area contributed by atoms with Crippen LogP contribution < -0.4 is 9.64 Å². The number of benzene rings is 2. The normalized spacial score (nSPS) is 23.6. The number of likely N-dealkylation sites (tertiary alicyclic amines) is 1. The monoisotopic (exact) mass is 684 g/mol. The van der Waals surface area contributed by atoms with Crippen LogP contribution in [-0.4, -0.2) is 95.3 Å². The number of aromatic nitrogens is 4. The molecule has 3 unspecified atom stereocenters. The highest BCUT2D eigenvalue weighted by Gasteiger charge is 2.48. The van der Waals surface area contributed by atoms with Crippen molar-refractivity contribution in [3.8, 4) is 23.0 Å². The molecule has 3 atom stereocenters. The van der Waals surface area contributed by atoms with Crippen molar-refractivity contribution in [2.24, 2.45) is 23.2 Å². The van der Waals surface area contributed by atoms with Gasteiger partial charge in [0.1, 0.15) is 28.6 Å². The van der Waals surface area contributed by atoms with Gasteiger partial charge in [0.05, 0.1) is 50.1 Å². The fraction of sp³-hybridized carbons (Fsp3) is 0.500. The number of rotatable bonds is 8. The summed E-state index contributed by atoms with van der Waals surface area (Å²) in [7, 11) is 0. The van der Waals surface area contributed by atoms with Gasteiger partial charge in [-0.3, -0.25) is 0 Å². The maximum Gasteiger partial charge on any atom is 0.319 e. The van der Waals surface area contributed by atoms with E-state index < -0.39 is 5.82 Å². The van der Waals surface area contributed by atoms with Crippen LogP contribution in [0, 0.1) is 34.8 Å². The van der Waals surface area contributed by atoms with Gasteiger partial charge in [0, 0.05) is 55.5 Å². The van der Waals surface area contributed by atoms with Crippen molar-refractivity contribution in [3.63, 3.8) is 0 Å². The lowest BCUT2D eigenvalue weighted by Gasteiger charge is -2.26. The summed E-state index contributed by atoms with van der Waals surface area (Å²) in [6, 6.07) is 7.99. The van der Waals surface area contributed by atoms with Crippen LogP contribution >= 0.6 is 0 Å². The van der Waals surface area contributed by atoms with E-state index in [4.69, 9.17) is 24.2 Å². The Kier molecular flexibility index (Phi) is 7.81. The Morgan fingerprint density at radius 1 is 1.00 bits per heavy atom. The van der Waals surface area contributed by atoms with Crippen molar-refractivity contribution in [3.05, 3.63) is 53.7 Å². The predicted molar refractivity (Wildman–Crippen MR) is 186 cm³/mol. The number of hydrogen-bond acceptors (Lipinski definition) is 9. The number of pyridine rings is 1. The Labute approximate surface area is 288 Å². The van der Waals surface area contributed by atoms with Crippen LogP contribution in [0.3, 0.4) is 0 Å². The summed E-state index contributed by atoms with van der Waals surface area (Å²) in [5, 5.41) is 17.0. The highest BCUT2D eigenvalue weighted by atomic mass is 19.1. The number of phenols is 1. The van der Waals surface area contributed by atoms with E-state index in [-0.39, 0.29) is 40.1 Å². The van der Waals surface area contributed by atoms with E-state index in [2.05, 4.69) is 21.8 Å². The van der Waals surface area contributed by atoms with Crippen LogP contribution in [0.15, 0.2) is 36.5 Å². The Hall–Kier alpha value is -4.13. The van der Waals surface area contributed by atoms with Crippen molar-refractivity contribution in [1.29, 1.82) is 0 Å². The van der Waals surface area contributed by atoms with Crippen molar-refractivity contribution in [2.75, 3.05) is 70.7 Å². The zero-order chi connectivity index (χ0) is 34.1. The summed E-state index contributed by atoms with van der Waals surface area (Å²) in [5.41, 5.74) is 1.57. The number of aromatic hydroxyl groups is 1. The lowest BCUT2D eigenvalue weighted by molar-refractivity contribution is 0.129. The first kappa shape index (κ1) is 31.8. The molecule has 10 nitrogen and oxygen atoms in total. The van der Waals surface area contributed by atoms with Gasteiger partial charge in [0.2, 0.25) is 0 Å². The van der Waals surface area contributed by atoms with Gasteiger partial charge in [-0.05, 0) is 65.8 Å². The number of nitrogens with zero attached hydrogens (tertiary/aromatic N) is 6. The molecule has 1 aliphatic carbocycles. The molecule has 5 aromatic rings. The molecule has 3 saturated heterocycles. The number of phenolic OH excluding ortho intramolecular Hbond substituents is 1. The van der Waals surface area contributed by atoms with Crippen molar-refractivity contribution < 1.29 is 28.1 Å². The highest BCUT2D eigenvalue weighted by Crippen LogP contribution is 2.48. The smallest absolute Gasteiger partial charge is 0.319 e. The minimum Gasteiger partial charge on any atom is -0.508 e. The second kappa shape index (κ2) is 12.3. The Bertz CT molecular complexity index is 2110. The Morgan fingerprint density at radius 2 is 1.82 bits per heavy atom. The average Bonchev–Trinajstić information content (AvgIpc) is 3.33. The first-order valence-corrected chi connectivity index (χ1v) is 17.9. The molecular formula is C38H42F2N6O4. The number of anilines is 1. The Morgan fingerprint density at radius 3 is 2.60 bits per heavy atom. The maximum absolute atomic E-state index is 17.5. The van der Waals surface area contributed by atoms with Gasteiger partial charge in [-0.15, -0.1) is 0 Å². The first-order valence-electron chi connectivity index (χ1n) is 17.9. The molecule has 3 aromatic heterocycles. The molecule has 4 aliphatic rings. The molecule has 3 aliphatic heterocycles. The largest absolute Gasteiger partial charge is 0.508 e. The van der Waals surface area contributed by atoms with Gasteiger partial charge in [0.15, 0.2) is 5.82 Å². The quantitative estimate of drug-likeness (QED) is 0.216. The number of aryl methyl sites for hydroxylation is 1. The molecule has 0 radical (unpaired) electrons. The SMILES string of the molecule is CCc1c(F)ccc2cc(O)cc(-c3c(F)c4nc(OCC5(CN6CC7COCC7C6)CC5)nc(N5CCOCC(C)C5)c4c4ccnn34)c12. The summed E-state index contributed by atoms with van der Waals surface area (Å²) in [6.07, 6.45) is 4.12. The number of halogens is 2. The second-order valence-electron chi connectivity index (χ2n) is 15.0. The van der Waals surface area contributed by atoms with Gasteiger partial charge < -0.3 is 29.1 Å². The third-order valence-electron chi connectivity index (χ3n) is 11.2. The predicted octanol–water partition coefficient (Wildman–Crippen LogP) is 5.85. The van der Waals surface area contributed by atoms with Gasteiger partial charge in [-0.2, -0.15) is 15.1 Å². The lowest BCUT2D eigenvalue weighted by Crippen LogP contribution is -2.33. The van der Waals surface area contributed by atoms with E-state index in [9.17, 15) is 5.11 Å². The number of fused-ring (bicyclic) bond motifs is 5. The molecule has 262 valence electrons. The molecule has 0 spiro atoms. The molecule has 0 amide bonds. The summed E-state index contributed by atoms with van der Waals surface area (Å²) in [6.45, 7) is 11.6. The Balaban J connectivity index is 1.18. The fourth-order valence-corrected chi connectivity index (χ4v) is 8.56. The summed E-state index contributed by atoms with van der Waals surface area (Å²) in [4.78, 5) is 14.5. The van der Waals surface area contributed by atoms with E-state index >= 15 is 8.78 Å². The van der Waals surface area contributed by atoms with E-state index in [0.29, 0.717) is 89.8 Å². The zero-order valence-corrected chi connectivity index (χ0v) is 28.5. The van der Waals surface area contributed by atoms with Crippen LogP contribution in [0.5, 0.6) is 11.8 Å². The third kappa shape index (κ3) is 5.43. The van der Waals surface area contributed by atoms with Crippen molar-refractivity contribution >= 4 is 33.0 Å². The second-order valence-corrected chi connectivity index (χ2v) is 15.0. The van der Waals surface area contributed by atoms with Gasteiger partial charge in [-0.1, -0.05) is 19.9 Å². The van der Waals surface area contributed by atoms with Crippen LogP contribution in [-0.2, 0) is 15.9 Å². The molecule has 9 rings (SSSR count). The molecule has 2 aromatic carbocycles. The van der Waals surface area contributed by atoms with Crippen LogP contribution in [0.2, 0.25) is 0 Å². The molecule has 1 saturated carbocycles. The highest BCUT2D eigenvalue weighted by molar-refractivity contribution is 6.07. The van der Waals surface area contributed by atoms with E-state index in [1.807, 2.05) is 13.0 Å². The molecular weight excluding hydrogens is 642 g/mol. The molecule has 1 N–H and O–H groups in total. The minimum atomic E-state index is -0.644. The lowest BCUT2D eigenvalue weighted by atomic mass is 9.94. The fourth-order valence-electron chi connectivity index (χ4n) is 8.56. The molecule has 6 heterocycles. The standard InChI is InChI=1S/C38H42F2N6O4/c1-3-27-29(39)5-4-23-12-26(47)13-28(31(23)27)35-33(40)34-32(30-6-9-41-46(30)35)36(45-10-11-48-17-22(2)14-45)43-37(42-34)50-21-38(7-8-38)20-44-15-24-18-49-19-25(24)16-44/h4-6,9,12-13,22,24-25,47H,3,7-8,10-11,14-21H2,1-2H3. The van der Waals surface area contributed by atoms with Crippen LogP contribution in [0.1, 0.15) is 32.3 Å². The van der Waals surface area contributed by atoms with E-state index in [1.165, 1.54) is 16.6 Å². The molecule has 0 bridgehead atoms. The zero-order valence-electron chi connectivity index (χ0n) is 28.5. The van der Waals surface area contributed by atoms with Crippen molar-refractivity contribution in [1.82, 2.24) is 24.5 Å². The maximum atomic E-state index is 17.5. The molecule has 12 heteroatoms. The number of ether oxygens (including phenoxy) is 3. The topological polar surface area (TPSA) is 97.5 Å². The summed E-state index contributed by atoms with van der Waals surface area (Å²) in [5.74, 6) is 0.926. The van der Waals surface area contributed by atoms with Crippen LogP contribution in [0.4, 0.5) is 14.6 Å². The van der Waals surface area contributed by atoms with E-state index in [1.54, 1.807) is 18.3 Å². The molecule has 4 fully saturated rings. The average molecular weight is 685 g/mol. The summed E-state index contributed by atoms with van der Waals surface area (Å²) < 4.78 is 52.3. The summed E-state index contributed by atoms with van der Waals surface area (Å²) >= 11 is 0. The van der Waals surface area contributed by atoms with Gasteiger partial charge in [0.25, 0.3) is 0 Å². The van der Waals surface area contributed by atoms with E-state index in [0.717, 1.165) is 45.7 Å². The third-order valence-corrected chi connectivity index (χ3v) is 11.2. The molecule has 50 heavy (non-hydrogen) atoms. The minimum absolute atomic E-state index is 0.0170. The van der Waals surface area contributed by atoms with Gasteiger partial charge >= 0.3 is 6.01 Å². The van der Waals surface area contributed by atoms with Crippen molar-refractivity contribution in [2.45, 2.75) is 33.1 Å². The number of hydrogen-bond donors (Lipinski definition) is 1. The van der Waals surface area contributed by atoms with Gasteiger partial charge in [-0.25, -0.2) is 13.3 Å². The van der Waals surface area contributed by atoms with Crippen LogP contribution in [0.25, 0.3) is 38.4 Å².